The molecule has 1 atom stereocenters. The zero-order valence-corrected chi connectivity index (χ0v) is 9.46. The summed E-state index contributed by atoms with van der Waals surface area (Å²) in [5.41, 5.74) is 7.65. The van der Waals surface area contributed by atoms with Crippen LogP contribution in [-0.4, -0.2) is 6.04 Å². The van der Waals surface area contributed by atoms with E-state index in [9.17, 15) is 0 Å². The molecule has 2 N–H and O–H groups in total. The lowest BCUT2D eigenvalue weighted by atomic mass is 9.71. The van der Waals surface area contributed by atoms with E-state index in [-0.39, 0.29) is 11.5 Å². The second kappa shape index (κ2) is 4.61. The van der Waals surface area contributed by atoms with Gasteiger partial charge in [-0.2, -0.15) is 0 Å². The van der Waals surface area contributed by atoms with Crippen molar-refractivity contribution in [1.82, 2.24) is 0 Å². The molecule has 0 heterocycles. The van der Waals surface area contributed by atoms with Gasteiger partial charge in [-0.1, -0.05) is 44.2 Å². The van der Waals surface area contributed by atoms with Crippen LogP contribution >= 0.6 is 0 Å². The van der Waals surface area contributed by atoms with Crippen LogP contribution in [0, 0.1) is 0 Å². The Kier molecular flexibility index (Phi) is 3.70. The highest BCUT2D eigenvalue weighted by Gasteiger charge is 2.31. The molecule has 0 amide bonds. The van der Waals surface area contributed by atoms with Crippen LogP contribution < -0.4 is 5.73 Å². The fraction of sp³-hybridized carbons (Fsp3) is 0.538. The topological polar surface area (TPSA) is 26.0 Å². The third kappa shape index (κ3) is 1.83. The smallest absolute Gasteiger partial charge is 0.0108 e. The van der Waals surface area contributed by atoms with Crippen LogP contribution in [0.2, 0.25) is 0 Å². The SMILES string of the molecule is CCC(CC)(c1ccccc1)C(C)N. The maximum absolute atomic E-state index is 6.12. The minimum Gasteiger partial charge on any atom is -0.327 e. The molecular formula is C13H21N. The van der Waals surface area contributed by atoms with Gasteiger partial charge in [0.2, 0.25) is 0 Å². The molecule has 0 saturated carbocycles. The van der Waals surface area contributed by atoms with Gasteiger partial charge in [0.05, 0.1) is 0 Å². The Morgan fingerprint density at radius 2 is 1.64 bits per heavy atom. The van der Waals surface area contributed by atoms with Gasteiger partial charge >= 0.3 is 0 Å². The highest BCUT2D eigenvalue weighted by atomic mass is 14.7. The monoisotopic (exact) mass is 191 g/mol. The van der Waals surface area contributed by atoms with E-state index in [1.54, 1.807) is 0 Å². The van der Waals surface area contributed by atoms with Gasteiger partial charge in [-0.3, -0.25) is 0 Å². The fourth-order valence-electron chi connectivity index (χ4n) is 2.34. The molecule has 0 aromatic heterocycles. The minimum atomic E-state index is 0.154. The van der Waals surface area contributed by atoms with Crippen LogP contribution in [-0.2, 0) is 5.41 Å². The van der Waals surface area contributed by atoms with Crippen molar-refractivity contribution >= 4 is 0 Å². The molecule has 0 fully saturated rings. The Hall–Kier alpha value is -0.820. The first kappa shape index (κ1) is 11.3. The van der Waals surface area contributed by atoms with Crippen molar-refractivity contribution in [3.63, 3.8) is 0 Å². The predicted molar refractivity (Wildman–Crippen MR) is 62.4 cm³/mol. The number of hydrogen-bond acceptors (Lipinski definition) is 1. The van der Waals surface area contributed by atoms with Crippen LogP contribution in [0.25, 0.3) is 0 Å². The molecule has 0 spiro atoms. The van der Waals surface area contributed by atoms with E-state index in [1.165, 1.54) is 5.56 Å². The van der Waals surface area contributed by atoms with Gasteiger partial charge in [0.1, 0.15) is 0 Å². The van der Waals surface area contributed by atoms with Gasteiger partial charge in [-0.15, -0.1) is 0 Å². The van der Waals surface area contributed by atoms with E-state index in [0.29, 0.717) is 0 Å². The van der Waals surface area contributed by atoms with Crippen molar-refractivity contribution in [2.45, 2.75) is 45.1 Å². The Labute approximate surface area is 87.3 Å². The van der Waals surface area contributed by atoms with E-state index in [1.807, 2.05) is 0 Å². The van der Waals surface area contributed by atoms with Gasteiger partial charge in [0, 0.05) is 11.5 Å². The van der Waals surface area contributed by atoms with Crippen LogP contribution in [0.3, 0.4) is 0 Å². The van der Waals surface area contributed by atoms with E-state index >= 15 is 0 Å². The van der Waals surface area contributed by atoms with Gasteiger partial charge in [-0.25, -0.2) is 0 Å². The lowest BCUT2D eigenvalue weighted by Crippen LogP contribution is -2.42. The van der Waals surface area contributed by atoms with Crippen molar-refractivity contribution in [3.05, 3.63) is 35.9 Å². The van der Waals surface area contributed by atoms with Crippen LogP contribution in [0.5, 0.6) is 0 Å². The van der Waals surface area contributed by atoms with Crippen molar-refractivity contribution in [2.24, 2.45) is 5.73 Å². The average Bonchev–Trinajstić information content (AvgIpc) is 2.22. The van der Waals surface area contributed by atoms with Gasteiger partial charge in [0.15, 0.2) is 0 Å². The normalized spacial score (nSPS) is 14.0. The summed E-state index contributed by atoms with van der Waals surface area (Å²) in [5, 5.41) is 0. The summed E-state index contributed by atoms with van der Waals surface area (Å²) in [7, 11) is 0. The number of nitrogens with two attached hydrogens (primary N) is 1. The standard InChI is InChI=1S/C13H21N/c1-4-13(5-2,11(3)14)12-9-7-6-8-10-12/h6-11H,4-5,14H2,1-3H3. The van der Waals surface area contributed by atoms with Crippen LogP contribution in [0.4, 0.5) is 0 Å². The Morgan fingerprint density at radius 3 is 2.00 bits per heavy atom. The second-order valence-electron chi connectivity index (χ2n) is 4.02. The molecule has 1 heteroatoms. The first-order chi connectivity index (χ1) is 6.67. The molecule has 0 bridgehead atoms. The first-order valence-electron chi connectivity index (χ1n) is 5.48. The summed E-state index contributed by atoms with van der Waals surface area (Å²) in [6.07, 6.45) is 2.20. The third-order valence-electron chi connectivity index (χ3n) is 3.48. The molecule has 0 aliphatic rings. The molecule has 0 aliphatic heterocycles. The summed E-state index contributed by atoms with van der Waals surface area (Å²) in [6.45, 7) is 6.56. The highest BCUT2D eigenvalue weighted by molar-refractivity contribution is 5.27. The maximum atomic E-state index is 6.12. The second-order valence-corrected chi connectivity index (χ2v) is 4.02. The molecule has 1 unspecified atom stereocenters. The highest BCUT2D eigenvalue weighted by Crippen LogP contribution is 2.33. The maximum Gasteiger partial charge on any atom is 0.0108 e. The molecule has 1 nitrogen and oxygen atoms in total. The van der Waals surface area contributed by atoms with Crippen LogP contribution in [0.15, 0.2) is 30.3 Å². The Morgan fingerprint density at radius 1 is 1.14 bits per heavy atom. The van der Waals surface area contributed by atoms with E-state index in [0.717, 1.165) is 12.8 Å². The molecule has 14 heavy (non-hydrogen) atoms. The van der Waals surface area contributed by atoms with Crippen molar-refractivity contribution in [1.29, 1.82) is 0 Å². The lowest BCUT2D eigenvalue weighted by molar-refractivity contribution is 0.333. The largest absolute Gasteiger partial charge is 0.327 e. The number of rotatable bonds is 4. The molecule has 1 aromatic carbocycles. The summed E-state index contributed by atoms with van der Waals surface area (Å²) in [5.74, 6) is 0. The zero-order chi connectivity index (χ0) is 10.6. The summed E-state index contributed by atoms with van der Waals surface area (Å²) in [4.78, 5) is 0. The first-order valence-corrected chi connectivity index (χ1v) is 5.48. The number of hydrogen-bond donors (Lipinski definition) is 1. The summed E-state index contributed by atoms with van der Waals surface area (Å²) in [6, 6.07) is 10.8. The van der Waals surface area contributed by atoms with E-state index < -0.39 is 0 Å². The van der Waals surface area contributed by atoms with Gasteiger partial charge in [0.25, 0.3) is 0 Å². The van der Waals surface area contributed by atoms with Crippen LogP contribution in [0.1, 0.15) is 39.2 Å². The predicted octanol–water partition coefficient (Wildman–Crippen LogP) is 3.09. The average molecular weight is 191 g/mol. The summed E-state index contributed by atoms with van der Waals surface area (Å²) >= 11 is 0. The fourth-order valence-corrected chi connectivity index (χ4v) is 2.34. The third-order valence-corrected chi connectivity index (χ3v) is 3.48. The van der Waals surface area contributed by atoms with E-state index in [2.05, 4.69) is 51.1 Å². The molecular weight excluding hydrogens is 170 g/mol. The molecule has 0 aliphatic carbocycles. The Bertz CT molecular complexity index is 260. The van der Waals surface area contributed by atoms with E-state index in [4.69, 9.17) is 5.73 Å². The van der Waals surface area contributed by atoms with Crippen molar-refractivity contribution < 1.29 is 0 Å². The zero-order valence-electron chi connectivity index (χ0n) is 9.46. The molecule has 1 rings (SSSR count). The van der Waals surface area contributed by atoms with Gasteiger partial charge in [-0.05, 0) is 25.3 Å². The molecule has 78 valence electrons. The quantitative estimate of drug-likeness (QED) is 0.777. The lowest BCUT2D eigenvalue weighted by Gasteiger charge is -2.36. The van der Waals surface area contributed by atoms with Gasteiger partial charge < -0.3 is 5.73 Å². The Balaban J connectivity index is 3.11. The summed E-state index contributed by atoms with van der Waals surface area (Å²) < 4.78 is 0. The number of benzene rings is 1. The minimum absolute atomic E-state index is 0.154. The molecule has 0 saturated heterocycles. The van der Waals surface area contributed by atoms with Crippen molar-refractivity contribution in [2.75, 3.05) is 0 Å². The molecule has 0 radical (unpaired) electrons. The van der Waals surface area contributed by atoms with Crippen molar-refractivity contribution in [3.8, 4) is 0 Å². The molecule has 1 aromatic rings.